The van der Waals surface area contributed by atoms with Gasteiger partial charge in [-0.3, -0.25) is 4.57 Å². The summed E-state index contributed by atoms with van der Waals surface area (Å²) in [5.41, 5.74) is 7.20. The first-order valence-corrected chi connectivity index (χ1v) is 11.0. The number of aromatic nitrogens is 5. The second kappa shape index (κ2) is 8.67. The third-order valence-electron chi connectivity index (χ3n) is 6.13. The lowest BCUT2D eigenvalue weighted by Gasteiger charge is -2.38. The van der Waals surface area contributed by atoms with Gasteiger partial charge in [0.15, 0.2) is 5.82 Å². The number of nitrogen functional groups attached to an aromatic ring is 1. The molecule has 2 aromatic heterocycles. The Bertz CT molecular complexity index is 1150. The Balaban J connectivity index is 1.70. The van der Waals surface area contributed by atoms with Crippen LogP contribution >= 0.6 is 0 Å². The number of alkyl halides is 2. The van der Waals surface area contributed by atoms with Crippen LogP contribution in [0.25, 0.3) is 17.0 Å². The molecule has 0 amide bonds. The summed E-state index contributed by atoms with van der Waals surface area (Å²) in [7, 11) is 0. The summed E-state index contributed by atoms with van der Waals surface area (Å²) in [5, 5.41) is 0. The highest BCUT2D eigenvalue weighted by molar-refractivity contribution is 5.81. The smallest absolute Gasteiger partial charge is 0.296 e. The lowest BCUT2D eigenvalue weighted by Crippen LogP contribution is -2.49. The lowest BCUT2D eigenvalue weighted by molar-refractivity contribution is 0.0277. The van der Waals surface area contributed by atoms with Crippen molar-refractivity contribution in [1.82, 2.24) is 24.5 Å². The van der Waals surface area contributed by atoms with E-state index >= 15 is 0 Å². The molecular weight excluding hydrogens is 434 g/mol. The van der Waals surface area contributed by atoms with Gasteiger partial charge in [0.2, 0.25) is 17.8 Å². The fourth-order valence-corrected chi connectivity index (χ4v) is 4.16. The zero-order valence-corrected chi connectivity index (χ0v) is 18.5. The van der Waals surface area contributed by atoms with Gasteiger partial charge in [0.25, 0.3) is 6.43 Å². The molecule has 2 fully saturated rings. The van der Waals surface area contributed by atoms with Gasteiger partial charge in [0, 0.05) is 25.3 Å². The quantitative estimate of drug-likeness (QED) is 0.586. The third kappa shape index (κ3) is 4.04. The molecule has 0 bridgehead atoms. The van der Waals surface area contributed by atoms with E-state index in [4.69, 9.17) is 20.2 Å². The van der Waals surface area contributed by atoms with Crippen molar-refractivity contribution in [2.75, 3.05) is 55.0 Å². The van der Waals surface area contributed by atoms with E-state index < -0.39 is 12.2 Å². The van der Waals surface area contributed by atoms with Crippen molar-refractivity contribution < 1.29 is 18.3 Å². The minimum atomic E-state index is -2.83. The standard InChI is InChI=1S/C21H26F2N8O2/c1-12-13(2)33-10-7-30(12)20-26-19(29-5-8-32-9-6-29)27-21(28-20)31-16-11-14(24)3-4-15(16)25-18(31)17(22)23/h3-4,11-13,17H,5-10,24H2,1-2H3/t12-,13+/m0/s1. The van der Waals surface area contributed by atoms with Crippen LogP contribution < -0.4 is 15.5 Å². The molecule has 1 aromatic carbocycles. The van der Waals surface area contributed by atoms with E-state index in [1.165, 1.54) is 4.57 Å². The molecule has 2 atom stereocenters. The van der Waals surface area contributed by atoms with Crippen LogP contribution in [-0.4, -0.2) is 76.1 Å². The Morgan fingerprint density at radius 3 is 2.45 bits per heavy atom. The van der Waals surface area contributed by atoms with E-state index in [0.717, 1.165) is 0 Å². The molecule has 33 heavy (non-hydrogen) atoms. The van der Waals surface area contributed by atoms with Gasteiger partial charge in [-0.2, -0.15) is 15.0 Å². The van der Waals surface area contributed by atoms with Crippen molar-refractivity contribution in [1.29, 1.82) is 0 Å². The van der Waals surface area contributed by atoms with Crippen LogP contribution in [0.2, 0.25) is 0 Å². The summed E-state index contributed by atoms with van der Waals surface area (Å²) in [6.45, 7) is 7.38. The van der Waals surface area contributed by atoms with Crippen LogP contribution in [0.15, 0.2) is 18.2 Å². The maximum Gasteiger partial charge on any atom is 0.296 e. The molecule has 3 aromatic rings. The molecular formula is C21H26F2N8O2. The van der Waals surface area contributed by atoms with Crippen LogP contribution in [0.1, 0.15) is 26.1 Å². The summed E-state index contributed by atoms with van der Waals surface area (Å²) in [5.74, 6) is 0.464. The molecule has 2 saturated heterocycles. The molecule has 0 aliphatic carbocycles. The highest BCUT2D eigenvalue weighted by Crippen LogP contribution is 2.30. The number of benzene rings is 1. The van der Waals surface area contributed by atoms with Crippen molar-refractivity contribution in [2.45, 2.75) is 32.4 Å². The van der Waals surface area contributed by atoms with Crippen LogP contribution in [-0.2, 0) is 9.47 Å². The van der Waals surface area contributed by atoms with Crippen LogP contribution in [0.3, 0.4) is 0 Å². The predicted molar refractivity (Wildman–Crippen MR) is 119 cm³/mol. The molecule has 176 valence electrons. The number of hydrogen-bond donors (Lipinski definition) is 1. The number of hydrogen-bond acceptors (Lipinski definition) is 9. The zero-order chi connectivity index (χ0) is 23.1. The number of anilines is 3. The van der Waals surface area contributed by atoms with Gasteiger partial charge in [-0.05, 0) is 32.0 Å². The number of nitrogens with two attached hydrogens (primary N) is 1. The average Bonchev–Trinajstić information content (AvgIpc) is 3.20. The zero-order valence-electron chi connectivity index (χ0n) is 18.5. The van der Waals surface area contributed by atoms with Crippen molar-refractivity contribution in [3.63, 3.8) is 0 Å². The molecule has 0 radical (unpaired) electrons. The molecule has 0 unspecified atom stereocenters. The average molecular weight is 460 g/mol. The Kier molecular flexibility index (Phi) is 5.71. The molecule has 2 N–H and O–H groups in total. The van der Waals surface area contributed by atoms with Crippen LogP contribution in [0, 0.1) is 0 Å². The number of imidazole rings is 1. The molecule has 5 rings (SSSR count). The Morgan fingerprint density at radius 1 is 0.970 bits per heavy atom. The maximum absolute atomic E-state index is 14.0. The Morgan fingerprint density at radius 2 is 1.70 bits per heavy atom. The Hall–Kier alpha value is -3.12. The normalized spacial score (nSPS) is 21.8. The molecule has 12 heteroatoms. The van der Waals surface area contributed by atoms with Crippen LogP contribution in [0.5, 0.6) is 0 Å². The predicted octanol–water partition coefficient (Wildman–Crippen LogP) is 2.18. The number of fused-ring (bicyclic) bond motifs is 1. The molecule has 10 nitrogen and oxygen atoms in total. The number of ether oxygens (including phenoxy) is 2. The highest BCUT2D eigenvalue weighted by Gasteiger charge is 2.30. The van der Waals surface area contributed by atoms with E-state index in [2.05, 4.69) is 15.0 Å². The molecule has 0 saturated carbocycles. The van der Waals surface area contributed by atoms with Gasteiger partial charge in [-0.25, -0.2) is 13.8 Å². The number of nitrogens with zero attached hydrogens (tertiary/aromatic N) is 7. The second-order valence-corrected chi connectivity index (χ2v) is 8.20. The van der Waals surface area contributed by atoms with Gasteiger partial charge in [-0.15, -0.1) is 0 Å². The first-order valence-electron chi connectivity index (χ1n) is 11.0. The lowest BCUT2D eigenvalue weighted by atomic mass is 10.1. The number of halogens is 2. The van der Waals surface area contributed by atoms with Gasteiger partial charge in [0.05, 0.1) is 43.0 Å². The van der Waals surface area contributed by atoms with Crippen molar-refractivity contribution in [3.05, 3.63) is 24.0 Å². The first kappa shape index (κ1) is 21.7. The molecule has 4 heterocycles. The number of rotatable bonds is 4. The first-order chi connectivity index (χ1) is 15.9. The fourth-order valence-electron chi connectivity index (χ4n) is 4.16. The van der Waals surface area contributed by atoms with Crippen LogP contribution in [0.4, 0.5) is 26.4 Å². The summed E-state index contributed by atoms with van der Waals surface area (Å²) in [6, 6.07) is 4.84. The molecule has 0 spiro atoms. The molecule has 2 aliphatic rings. The van der Waals surface area contributed by atoms with E-state index in [0.29, 0.717) is 68.1 Å². The van der Waals surface area contributed by atoms with E-state index in [-0.39, 0.29) is 18.1 Å². The van der Waals surface area contributed by atoms with Crippen molar-refractivity contribution in [3.8, 4) is 5.95 Å². The van der Waals surface area contributed by atoms with Gasteiger partial charge >= 0.3 is 0 Å². The maximum atomic E-state index is 14.0. The van der Waals surface area contributed by atoms with Crippen molar-refractivity contribution >= 4 is 28.6 Å². The summed E-state index contributed by atoms with van der Waals surface area (Å²) < 4.78 is 40.5. The monoisotopic (exact) mass is 460 g/mol. The summed E-state index contributed by atoms with van der Waals surface area (Å²) in [6.07, 6.45) is -2.86. The number of morpholine rings is 2. The van der Waals surface area contributed by atoms with E-state index in [1.807, 2.05) is 23.6 Å². The third-order valence-corrected chi connectivity index (χ3v) is 6.13. The van der Waals surface area contributed by atoms with Gasteiger partial charge in [0.1, 0.15) is 0 Å². The summed E-state index contributed by atoms with van der Waals surface area (Å²) in [4.78, 5) is 22.1. The molecule has 2 aliphatic heterocycles. The van der Waals surface area contributed by atoms with E-state index in [1.54, 1.807) is 18.2 Å². The highest BCUT2D eigenvalue weighted by atomic mass is 19.3. The fraction of sp³-hybridized carbons (Fsp3) is 0.524. The van der Waals surface area contributed by atoms with Gasteiger partial charge in [-0.1, -0.05) is 0 Å². The summed E-state index contributed by atoms with van der Waals surface area (Å²) >= 11 is 0. The largest absolute Gasteiger partial charge is 0.399 e. The Labute approximate surface area is 189 Å². The minimum absolute atomic E-state index is 0.00344. The van der Waals surface area contributed by atoms with Crippen molar-refractivity contribution in [2.24, 2.45) is 0 Å². The topological polar surface area (TPSA) is 107 Å². The van der Waals surface area contributed by atoms with E-state index in [9.17, 15) is 8.78 Å². The second-order valence-electron chi connectivity index (χ2n) is 8.20. The van der Waals surface area contributed by atoms with Gasteiger partial charge < -0.3 is 25.0 Å². The SMILES string of the molecule is C[C@H]1OCCN(c2nc(N3CCOCC3)nc(-n3c(C(F)F)nc4ccc(N)cc43)n2)[C@H]1C. The minimum Gasteiger partial charge on any atom is -0.399 e.